The van der Waals surface area contributed by atoms with Crippen molar-refractivity contribution in [3.63, 3.8) is 0 Å². The van der Waals surface area contributed by atoms with Gasteiger partial charge in [-0.2, -0.15) is 0 Å². The van der Waals surface area contributed by atoms with Crippen LogP contribution in [0.3, 0.4) is 0 Å². The van der Waals surface area contributed by atoms with Crippen molar-refractivity contribution in [2.45, 2.75) is 32.6 Å². The molecule has 0 bridgehead atoms. The number of carbonyl (C=O) groups excluding carboxylic acids is 2. The highest BCUT2D eigenvalue weighted by Crippen LogP contribution is 2.44. The second kappa shape index (κ2) is 10.3. The molecule has 2 aliphatic rings. The highest BCUT2D eigenvalue weighted by atomic mass is 16.5. The van der Waals surface area contributed by atoms with Crippen molar-refractivity contribution in [3.8, 4) is 11.1 Å². The maximum absolute atomic E-state index is 12.6. The monoisotopic (exact) mass is 464 g/mol. The molecule has 0 radical (unpaired) electrons. The van der Waals surface area contributed by atoms with Crippen LogP contribution in [0.25, 0.3) is 11.1 Å². The molecule has 0 spiro atoms. The van der Waals surface area contributed by atoms with Crippen molar-refractivity contribution in [1.82, 2.24) is 10.2 Å². The van der Waals surface area contributed by atoms with E-state index in [9.17, 15) is 14.4 Å². The average Bonchev–Trinajstić information content (AvgIpc) is 3.10. The van der Waals surface area contributed by atoms with E-state index in [4.69, 9.17) is 9.84 Å². The molecule has 0 aromatic heterocycles. The van der Waals surface area contributed by atoms with Gasteiger partial charge in [-0.05, 0) is 34.1 Å². The molecular weight excluding hydrogens is 432 g/mol. The molecule has 2 aromatic carbocycles. The van der Waals surface area contributed by atoms with E-state index in [1.165, 1.54) is 11.1 Å². The highest BCUT2D eigenvalue weighted by molar-refractivity contribution is 5.79. The van der Waals surface area contributed by atoms with Crippen LogP contribution in [-0.4, -0.2) is 54.2 Å². The molecule has 0 saturated carbocycles. The topological polar surface area (TPSA) is 95.9 Å². The average molecular weight is 465 g/mol. The number of ether oxygens (including phenoxy) is 1. The smallest absolute Gasteiger partial charge is 0.407 e. The van der Waals surface area contributed by atoms with Gasteiger partial charge in [-0.3, -0.25) is 9.59 Å². The molecule has 4 rings (SSSR count). The summed E-state index contributed by atoms with van der Waals surface area (Å²) in [6.45, 7) is 5.66. The van der Waals surface area contributed by atoms with Crippen molar-refractivity contribution in [2.75, 3.05) is 26.2 Å². The summed E-state index contributed by atoms with van der Waals surface area (Å²) < 4.78 is 5.60. The van der Waals surface area contributed by atoms with E-state index in [0.717, 1.165) is 11.1 Å². The number of carbonyl (C=O) groups is 3. The number of rotatable bonds is 9. The van der Waals surface area contributed by atoms with Crippen LogP contribution in [0.2, 0.25) is 0 Å². The maximum atomic E-state index is 12.6. The van der Waals surface area contributed by atoms with E-state index < -0.39 is 12.1 Å². The van der Waals surface area contributed by atoms with Crippen LogP contribution in [0.15, 0.2) is 48.5 Å². The summed E-state index contributed by atoms with van der Waals surface area (Å²) >= 11 is 0. The van der Waals surface area contributed by atoms with Crippen molar-refractivity contribution in [3.05, 3.63) is 59.7 Å². The molecule has 1 aliphatic heterocycles. The molecule has 1 fully saturated rings. The Hall–Kier alpha value is -3.35. The first-order valence-corrected chi connectivity index (χ1v) is 11.9. The predicted octanol–water partition coefficient (Wildman–Crippen LogP) is 4.12. The number of aliphatic carboxylic acids is 1. The first-order chi connectivity index (χ1) is 16.3. The first kappa shape index (κ1) is 23.8. The lowest BCUT2D eigenvalue weighted by atomic mass is 9.90. The number of nitrogens with one attached hydrogen (secondary N) is 1. The van der Waals surface area contributed by atoms with Gasteiger partial charge in [-0.25, -0.2) is 4.79 Å². The van der Waals surface area contributed by atoms with Gasteiger partial charge < -0.3 is 20.1 Å². The second-order valence-electron chi connectivity index (χ2n) is 9.68. The number of benzene rings is 2. The molecule has 180 valence electrons. The zero-order chi connectivity index (χ0) is 24.2. The predicted molar refractivity (Wildman–Crippen MR) is 128 cm³/mol. The largest absolute Gasteiger partial charge is 0.481 e. The van der Waals surface area contributed by atoms with E-state index in [0.29, 0.717) is 26.1 Å². The molecule has 7 nitrogen and oxygen atoms in total. The summed E-state index contributed by atoms with van der Waals surface area (Å²) in [6.07, 6.45) is -0.0626. The molecule has 1 saturated heterocycles. The zero-order valence-corrected chi connectivity index (χ0v) is 19.7. The number of hydrogen-bond acceptors (Lipinski definition) is 4. The SMILES string of the molecule is CC(C)C(CNC(=O)OCC1c2ccccc2-c2ccccc21)CC(=O)N1CC(CC(=O)O)C1. The van der Waals surface area contributed by atoms with Gasteiger partial charge in [0.1, 0.15) is 6.61 Å². The van der Waals surface area contributed by atoms with Gasteiger partial charge >= 0.3 is 12.1 Å². The van der Waals surface area contributed by atoms with Crippen LogP contribution in [0.4, 0.5) is 4.79 Å². The Bertz CT molecular complexity index is 1010. The van der Waals surface area contributed by atoms with Gasteiger partial charge in [0, 0.05) is 37.9 Å². The van der Waals surface area contributed by atoms with Crippen molar-refractivity contribution < 1.29 is 24.2 Å². The van der Waals surface area contributed by atoms with Crippen LogP contribution in [0.5, 0.6) is 0 Å². The molecule has 1 heterocycles. The van der Waals surface area contributed by atoms with Crippen molar-refractivity contribution >= 4 is 18.0 Å². The van der Waals surface area contributed by atoms with Crippen molar-refractivity contribution in [1.29, 1.82) is 0 Å². The highest BCUT2D eigenvalue weighted by Gasteiger charge is 2.33. The number of carboxylic acid groups (broad SMARTS) is 1. The quantitative estimate of drug-likeness (QED) is 0.582. The third-order valence-electron chi connectivity index (χ3n) is 7.01. The normalized spacial score (nSPS) is 15.9. The number of alkyl carbamates (subject to hydrolysis) is 1. The molecule has 2 amide bonds. The molecule has 7 heteroatoms. The summed E-state index contributed by atoms with van der Waals surface area (Å²) in [6, 6.07) is 16.4. The Morgan fingerprint density at radius 1 is 1.03 bits per heavy atom. The van der Waals surface area contributed by atoms with Crippen LogP contribution in [-0.2, 0) is 14.3 Å². The minimum Gasteiger partial charge on any atom is -0.481 e. The third-order valence-corrected chi connectivity index (χ3v) is 7.01. The standard InChI is InChI=1S/C27H32N2O5/c1-17(2)19(12-25(30)29-14-18(15-29)11-26(31)32)13-28-27(33)34-16-24-22-9-5-3-7-20(22)21-8-4-6-10-23(21)24/h3-10,17-19,24H,11-16H2,1-2H3,(H,28,33)(H,31,32). The number of amides is 2. The summed E-state index contributed by atoms with van der Waals surface area (Å²) in [4.78, 5) is 37.6. The molecule has 1 atom stereocenters. The number of likely N-dealkylation sites (tertiary alicyclic amines) is 1. The molecule has 1 aliphatic carbocycles. The summed E-state index contributed by atoms with van der Waals surface area (Å²) in [7, 11) is 0. The van der Waals surface area contributed by atoms with Gasteiger partial charge in [-0.1, -0.05) is 62.4 Å². The minimum absolute atomic E-state index is 0.00536. The number of hydrogen-bond donors (Lipinski definition) is 2. The van der Waals surface area contributed by atoms with Crippen LogP contribution in [0.1, 0.15) is 43.7 Å². The van der Waals surface area contributed by atoms with E-state index in [1.807, 2.05) is 38.1 Å². The third kappa shape index (κ3) is 5.24. The molecular formula is C27H32N2O5. The summed E-state index contributed by atoms with van der Waals surface area (Å²) in [5.41, 5.74) is 4.69. The Labute approximate surface area is 200 Å². The number of fused-ring (bicyclic) bond motifs is 3. The number of nitrogens with zero attached hydrogens (tertiary/aromatic N) is 1. The Morgan fingerprint density at radius 2 is 1.62 bits per heavy atom. The Kier molecular flexibility index (Phi) is 7.20. The fourth-order valence-electron chi connectivity index (χ4n) is 4.91. The molecule has 2 N–H and O–H groups in total. The molecule has 1 unspecified atom stereocenters. The van der Waals surface area contributed by atoms with Gasteiger partial charge in [0.05, 0.1) is 6.42 Å². The zero-order valence-electron chi connectivity index (χ0n) is 19.7. The van der Waals surface area contributed by atoms with E-state index in [2.05, 4.69) is 29.6 Å². The lowest BCUT2D eigenvalue weighted by Crippen LogP contribution is -2.51. The van der Waals surface area contributed by atoms with Crippen LogP contribution >= 0.6 is 0 Å². The first-order valence-electron chi connectivity index (χ1n) is 11.9. The Morgan fingerprint density at radius 3 is 2.18 bits per heavy atom. The minimum atomic E-state index is -0.829. The van der Waals surface area contributed by atoms with E-state index in [1.54, 1.807) is 4.90 Å². The fraction of sp³-hybridized carbons (Fsp3) is 0.444. The van der Waals surface area contributed by atoms with Gasteiger partial charge in [0.2, 0.25) is 5.91 Å². The fourth-order valence-corrected chi connectivity index (χ4v) is 4.91. The number of carboxylic acids is 1. The molecule has 34 heavy (non-hydrogen) atoms. The van der Waals surface area contributed by atoms with Gasteiger partial charge in [0.15, 0.2) is 0 Å². The summed E-state index contributed by atoms with van der Waals surface area (Å²) in [5, 5.41) is 11.7. The Balaban J connectivity index is 1.27. The maximum Gasteiger partial charge on any atom is 0.407 e. The van der Waals surface area contributed by atoms with Crippen LogP contribution < -0.4 is 5.32 Å². The summed E-state index contributed by atoms with van der Waals surface area (Å²) in [5.74, 6) is -0.594. The van der Waals surface area contributed by atoms with Crippen LogP contribution in [0, 0.1) is 17.8 Å². The van der Waals surface area contributed by atoms with Crippen molar-refractivity contribution in [2.24, 2.45) is 17.8 Å². The second-order valence-corrected chi connectivity index (χ2v) is 9.68. The van der Waals surface area contributed by atoms with Gasteiger partial charge in [-0.15, -0.1) is 0 Å². The lowest BCUT2D eigenvalue weighted by Gasteiger charge is -2.39. The van der Waals surface area contributed by atoms with Gasteiger partial charge in [0.25, 0.3) is 0 Å². The van der Waals surface area contributed by atoms with E-state index in [-0.39, 0.29) is 42.6 Å². The molecule has 2 aromatic rings. The van der Waals surface area contributed by atoms with E-state index >= 15 is 0 Å². The lowest BCUT2D eigenvalue weighted by molar-refractivity contribution is -0.145.